The largest absolute Gasteiger partial charge is 0.493 e. The van der Waals surface area contributed by atoms with Crippen molar-refractivity contribution in [2.45, 2.75) is 97.2 Å². The van der Waals surface area contributed by atoms with Crippen LogP contribution in [0.5, 0.6) is 0 Å². The number of carbonyl (C=O) groups excluding carboxylic acids is 3. The van der Waals surface area contributed by atoms with Crippen molar-refractivity contribution < 1.29 is 23.9 Å². The highest BCUT2D eigenvalue weighted by Gasteiger charge is 2.32. The van der Waals surface area contributed by atoms with Crippen LogP contribution < -0.4 is 11.1 Å². The molecule has 2 aliphatic heterocycles. The second-order valence-electron chi connectivity index (χ2n) is 12.4. The third-order valence-electron chi connectivity index (χ3n) is 7.92. The molecule has 3 unspecified atom stereocenters. The van der Waals surface area contributed by atoms with E-state index in [1.807, 2.05) is 6.07 Å². The van der Waals surface area contributed by atoms with Crippen molar-refractivity contribution in [3.8, 4) is 0 Å². The Bertz CT molecular complexity index is 1250. The zero-order chi connectivity index (χ0) is 31.6. The van der Waals surface area contributed by atoms with Gasteiger partial charge in [0.05, 0.1) is 19.2 Å². The van der Waals surface area contributed by atoms with Crippen LogP contribution >= 0.6 is 0 Å². The highest BCUT2D eigenvalue weighted by molar-refractivity contribution is 6.00. The normalized spacial score (nSPS) is 23.2. The Morgan fingerprint density at radius 3 is 2.53 bits per heavy atom. The lowest BCUT2D eigenvalue weighted by atomic mass is 9.85. The lowest BCUT2D eigenvalue weighted by Crippen LogP contribution is -2.45. The number of hydrogen-bond acceptors (Lipinski definition) is 5. The standard InChI is InChI=1S/C34H48N4O5/c1-7-23-15-12-10-11-13-17-26-22-42-28(9-3)27(8-2)30(26)36-31(40)25-18-14-16-24(19-25)21-38(29(39)20-23)32(35)37-33(41)43-34(4,5)6/h8-9,14,16,18-19,23,26,30H,2-3,7,10-13,15,17,20-22H2,1,4-6H3,(H,36,40)(H2,35,37,41). The molecule has 3 amide bonds. The molecule has 0 saturated carbocycles. The fourth-order valence-electron chi connectivity index (χ4n) is 5.59. The second kappa shape index (κ2) is 15.5. The van der Waals surface area contributed by atoms with Crippen LogP contribution in [0.1, 0.15) is 95.0 Å². The van der Waals surface area contributed by atoms with E-state index in [0.29, 0.717) is 23.5 Å². The summed E-state index contributed by atoms with van der Waals surface area (Å²) in [7, 11) is 0. The maximum absolute atomic E-state index is 13.6. The molecule has 3 rings (SSSR count). The molecule has 9 heteroatoms. The van der Waals surface area contributed by atoms with Crippen LogP contribution in [-0.2, 0) is 20.8 Å². The number of nitrogens with two attached hydrogens (primary N) is 1. The molecule has 0 saturated heterocycles. The van der Waals surface area contributed by atoms with E-state index in [2.05, 4.69) is 30.4 Å². The summed E-state index contributed by atoms with van der Waals surface area (Å²) in [4.78, 5) is 44.9. The van der Waals surface area contributed by atoms with Gasteiger partial charge in [-0.05, 0) is 63.3 Å². The van der Waals surface area contributed by atoms with Gasteiger partial charge < -0.3 is 20.5 Å². The summed E-state index contributed by atoms with van der Waals surface area (Å²) in [5, 5.41) is 3.22. The van der Waals surface area contributed by atoms with E-state index in [1.165, 1.54) is 4.90 Å². The summed E-state index contributed by atoms with van der Waals surface area (Å²) in [5.74, 6) is 0.197. The van der Waals surface area contributed by atoms with Crippen LogP contribution in [0.4, 0.5) is 4.79 Å². The molecule has 1 aromatic rings. The number of hydrogen-bond donors (Lipinski definition) is 2. The Morgan fingerprint density at radius 1 is 1.16 bits per heavy atom. The van der Waals surface area contributed by atoms with Gasteiger partial charge in [0.1, 0.15) is 11.4 Å². The monoisotopic (exact) mass is 592 g/mol. The van der Waals surface area contributed by atoms with Crippen LogP contribution in [0.15, 0.2) is 65.9 Å². The molecule has 2 aliphatic rings. The quantitative estimate of drug-likeness (QED) is 0.309. The number of guanidine groups is 1. The Balaban J connectivity index is 1.98. The first-order valence-electron chi connectivity index (χ1n) is 15.3. The van der Waals surface area contributed by atoms with Gasteiger partial charge in [-0.1, -0.05) is 70.4 Å². The van der Waals surface area contributed by atoms with Crippen molar-refractivity contribution >= 4 is 23.9 Å². The van der Waals surface area contributed by atoms with Crippen molar-refractivity contribution in [3.63, 3.8) is 0 Å². The number of nitrogens with one attached hydrogen (secondary N) is 1. The van der Waals surface area contributed by atoms with Gasteiger partial charge in [-0.3, -0.25) is 14.5 Å². The van der Waals surface area contributed by atoms with E-state index in [-0.39, 0.29) is 48.6 Å². The maximum Gasteiger partial charge on any atom is 0.437 e. The molecule has 3 N–H and O–H groups in total. The van der Waals surface area contributed by atoms with Crippen molar-refractivity contribution in [3.05, 3.63) is 72.0 Å². The van der Waals surface area contributed by atoms with Crippen molar-refractivity contribution in [2.24, 2.45) is 22.6 Å². The summed E-state index contributed by atoms with van der Waals surface area (Å²) >= 11 is 0. The number of carbonyl (C=O) groups is 3. The lowest BCUT2D eigenvalue weighted by molar-refractivity contribution is -0.129. The molecule has 2 bridgehead atoms. The summed E-state index contributed by atoms with van der Waals surface area (Å²) < 4.78 is 11.3. The summed E-state index contributed by atoms with van der Waals surface area (Å²) in [6.07, 6.45) is 9.60. The summed E-state index contributed by atoms with van der Waals surface area (Å²) in [6.45, 7) is 15.7. The Morgan fingerprint density at radius 2 is 1.88 bits per heavy atom. The van der Waals surface area contributed by atoms with Gasteiger partial charge in [0.15, 0.2) is 0 Å². The van der Waals surface area contributed by atoms with Crippen LogP contribution in [0, 0.1) is 11.8 Å². The molecule has 9 nitrogen and oxygen atoms in total. The van der Waals surface area contributed by atoms with Gasteiger partial charge in [0, 0.05) is 23.5 Å². The van der Waals surface area contributed by atoms with Gasteiger partial charge in [-0.15, -0.1) is 4.99 Å². The number of aliphatic imine (C=N–C) groups is 1. The van der Waals surface area contributed by atoms with E-state index in [1.54, 1.807) is 51.1 Å². The number of nitrogens with zero attached hydrogens (tertiary/aromatic N) is 2. The minimum absolute atomic E-state index is 0.0484. The molecule has 0 spiro atoms. The predicted molar refractivity (Wildman–Crippen MR) is 169 cm³/mol. The average Bonchev–Trinajstić information content (AvgIpc) is 2.95. The van der Waals surface area contributed by atoms with E-state index in [9.17, 15) is 14.4 Å². The molecule has 1 aromatic carbocycles. The maximum atomic E-state index is 13.6. The van der Waals surface area contributed by atoms with Crippen LogP contribution in [-0.4, -0.2) is 47.0 Å². The van der Waals surface area contributed by atoms with E-state index >= 15 is 0 Å². The Kier molecular flexibility index (Phi) is 12.2. The number of amides is 3. The number of rotatable bonds is 3. The first-order chi connectivity index (χ1) is 20.4. The number of fused-ring (bicyclic) bond motifs is 3. The third-order valence-corrected chi connectivity index (χ3v) is 7.92. The molecule has 0 aliphatic carbocycles. The molecule has 2 heterocycles. The lowest BCUT2D eigenvalue weighted by Gasteiger charge is -2.34. The highest BCUT2D eigenvalue weighted by Crippen LogP contribution is 2.30. The molecule has 3 atom stereocenters. The first-order valence-corrected chi connectivity index (χ1v) is 15.3. The van der Waals surface area contributed by atoms with Crippen LogP contribution in [0.2, 0.25) is 0 Å². The summed E-state index contributed by atoms with van der Waals surface area (Å²) in [6, 6.07) is 6.77. The van der Waals surface area contributed by atoms with Gasteiger partial charge in [0.2, 0.25) is 11.9 Å². The molecular weight excluding hydrogens is 544 g/mol. The zero-order valence-corrected chi connectivity index (χ0v) is 26.2. The van der Waals surface area contributed by atoms with Crippen molar-refractivity contribution in [2.75, 3.05) is 6.61 Å². The Labute approximate surface area is 256 Å². The topological polar surface area (TPSA) is 123 Å². The van der Waals surface area contributed by atoms with Gasteiger partial charge in [-0.2, -0.15) is 0 Å². The van der Waals surface area contributed by atoms with Gasteiger partial charge in [-0.25, -0.2) is 4.79 Å². The van der Waals surface area contributed by atoms with Crippen molar-refractivity contribution in [1.82, 2.24) is 10.2 Å². The number of benzene rings is 1. The van der Waals surface area contributed by atoms with Crippen LogP contribution in [0.3, 0.4) is 0 Å². The van der Waals surface area contributed by atoms with E-state index in [4.69, 9.17) is 15.2 Å². The number of ether oxygens (including phenoxy) is 2. The first kappa shape index (κ1) is 33.6. The molecule has 0 fully saturated rings. The highest BCUT2D eigenvalue weighted by atomic mass is 16.6. The zero-order valence-electron chi connectivity index (χ0n) is 26.2. The fourth-order valence-corrected chi connectivity index (χ4v) is 5.59. The van der Waals surface area contributed by atoms with E-state index < -0.39 is 11.7 Å². The smallest absolute Gasteiger partial charge is 0.437 e. The molecule has 0 radical (unpaired) electrons. The second-order valence-corrected chi connectivity index (χ2v) is 12.4. The number of allylic oxidation sites excluding steroid dienone is 1. The Hall–Kier alpha value is -3.88. The third kappa shape index (κ3) is 9.83. The minimum Gasteiger partial charge on any atom is -0.493 e. The van der Waals surface area contributed by atoms with Crippen LogP contribution in [0.25, 0.3) is 0 Å². The van der Waals surface area contributed by atoms with Gasteiger partial charge >= 0.3 is 6.09 Å². The fraction of sp³-hybridized carbons (Fsp3) is 0.529. The molecule has 0 aromatic heterocycles. The predicted octanol–water partition coefficient (Wildman–Crippen LogP) is 6.41. The summed E-state index contributed by atoms with van der Waals surface area (Å²) in [5.41, 5.74) is 7.44. The molecule has 234 valence electrons. The van der Waals surface area contributed by atoms with Crippen molar-refractivity contribution in [1.29, 1.82) is 0 Å². The SMILES string of the molecule is C=CC1=C(C=C)C2NC(=O)c3cccc(c3)CN(/C(N)=N/C(=O)OC(C)(C)C)C(=O)CC(CC)CCCCCCC2CO1. The van der Waals surface area contributed by atoms with Gasteiger partial charge in [0.25, 0.3) is 5.91 Å². The minimum atomic E-state index is -0.867. The molecule has 43 heavy (non-hydrogen) atoms. The molecular formula is C34H48N4O5. The van der Waals surface area contributed by atoms with E-state index in [0.717, 1.165) is 50.5 Å². The average molecular weight is 593 g/mol.